The Kier molecular flexibility index (Phi) is 9.71. The Balaban J connectivity index is 1.35. The van der Waals surface area contributed by atoms with E-state index < -0.39 is 12.1 Å². The van der Waals surface area contributed by atoms with Crippen LogP contribution in [0.3, 0.4) is 0 Å². The summed E-state index contributed by atoms with van der Waals surface area (Å²) < 4.78 is 5.36. The molecule has 0 saturated carbocycles. The lowest BCUT2D eigenvalue weighted by Gasteiger charge is -2.41. The van der Waals surface area contributed by atoms with E-state index in [1.54, 1.807) is 13.3 Å². The lowest BCUT2D eigenvalue weighted by Crippen LogP contribution is -2.41. The number of carboxylic acids is 1. The highest BCUT2D eigenvalue weighted by Gasteiger charge is 2.37. The molecule has 1 atom stereocenters. The fraction of sp³-hybridized carbons (Fsp3) is 0.448. The summed E-state index contributed by atoms with van der Waals surface area (Å²) in [6, 6.07) is 16.0. The van der Waals surface area contributed by atoms with Gasteiger partial charge in [-0.3, -0.25) is 9.78 Å². The number of rotatable bonds is 12. The maximum Gasteiger partial charge on any atom is 0.303 e. The summed E-state index contributed by atoms with van der Waals surface area (Å²) in [6.45, 7) is 2.79. The summed E-state index contributed by atoms with van der Waals surface area (Å²) in [4.78, 5) is 19.9. The smallest absolute Gasteiger partial charge is 0.303 e. The molecule has 2 aromatic carbocycles. The molecule has 0 spiro atoms. The Morgan fingerprint density at radius 3 is 2.68 bits per heavy atom. The van der Waals surface area contributed by atoms with Crippen molar-refractivity contribution in [3.63, 3.8) is 0 Å². The van der Waals surface area contributed by atoms with Crippen LogP contribution in [0.4, 0.5) is 0 Å². The summed E-state index contributed by atoms with van der Waals surface area (Å²) in [5.74, 6) is 0.958. The molecule has 1 aromatic heterocycles. The highest BCUT2D eigenvalue weighted by Crippen LogP contribution is 2.43. The molecular weight excluding hydrogens is 508 g/mol. The van der Waals surface area contributed by atoms with Gasteiger partial charge in [0.05, 0.1) is 30.2 Å². The zero-order chi connectivity index (χ0) is 26.3. The molecule has 4 rings (SSSR count). The number of aliphatic hydroxyl groups excluding tert-OH is 1. The Morgan fingerprint density at radius 2 is 1.97 bits per heavy atom. The molecule has 0 unspecified atom stereocenters. The Morgan fingerprint density at radius 1 is 1.22 bits per heavy atom. The fourth-order valence-corrected chi connectivity index (χ4v) is 6.44. The third kappa shape index (κ3) is 7.38. The number of aliphatic carboxylic acids is 1. The van der Waals surface area contributed by atoms with Gasteiger partial charge in [-0.2, -0.15) is 0 Å². The number of hydrogen-bond donors (Lipinski definition) is 2. The first-order chi connectivity index (χ1) is 17.9. The van der Waals surface area contributed by atoms with Gasteiger partial charge < -0.3 is 19.8 Å². The molecular formula is C29H35ClN2O4S. The molecule has 0 amide bonds. The number of fused-ring (bicyclic) bond motifs is 1. The average molecular weight is 543 g/mol. The third-order valence-electron chi connectivity index (χ3n) is 7.42. The topological polar surface area (TPSA) is 82.9 Å². The maximum absolute atomic E-state index is 11.8. The molecule has 0 bridgehead atoms. The first-order valence-corrected chi connectivity index (χ1v) is 14.2. The van der Waals surface area contributed by atoms with Crippen molar-refractivity contribution < 1.29 is 19.7 Å². The van der Waals surface area contributed by atoms with Gasteiger partial charge >= 0.3 is 5.97 Å². The van der Waals surface area contributed by atoms with Gasteiger partial charge in [0.15, 0.2) is 0 Å². The predicted octanol–water partition coefficient (Wildman–Crippen LogP) is 6.45. The second kappa shape index (κ2) is 13.0. The van der Waals surface area contributed by atoms with Crippen LogP contribution < -0.4 is 4.74 Å². The molecule has 1 aliphatic heterocycles. The number of aromatic nitrogens is 1. The number of piperidine rings is 1. The number of halogens is 1. The number of nitrogens with zero attached hydrogens (tertiary/aromatic N) is 2. The van der Waals surface area contributed by atoms with E-state index in [0.717, 1.165) is 55.6 Å². The molecule has 3 aromatic rings. The highest BCUT2D eigenvalue weighted by atomic mass is 35.5. The van der Waals surface area contributed by atoms with Gasteiger partial charge in [-0.25, -0.2) is 0 Å². The third-order valence-corrected chi connectivity index (χ3v) is 8.82. The quantitative estimate of drug-likeness (QED) is 0.201. The highest BCUT2D eigenvalue weighted by molar-refractivity contribution is 7.99. The number of carboxylic acid groups (broad SMARTS) is 1. The van der Waals surface area contributed by atoms with Gasteiger partial charge in [0.2, 0.25) is 0 Å². The van der Waals surface area contributed by atoms with E-state index in [1.807, 2.05) is 36.0 Å². The zero-order valence-electron chi connectivity index (χ0n) is 21.2. The summed E-state index contributed by atoms with van der Waals surface area (Å²) in [6.07, 6.45) is 4.67. The normalized spacial score (nSPS) is 16.5. The lowest BCUT2D eigenvalue weighted by molar-refractivity contribution is -0.141. The number of hydrogen-bond acceptors (Lipinski definition) is 6. The van der Waals surface area contributed by atoms with E-state index in [-0.39, 0.29) is 11.8 Å². The first-order valence-electron chi connectivity index (χ1n) is 12.8. The van der Waals surface area contributed by atoms with Crippen LogP contribution in [-0.2, 0) is 4.79 Å². The molecule has 37 heavy (non-hydrogen) atoms. The van der Waals surface area contributed by atoms with Gasteiger partial charge in [0, 0.05) is 22.0 Å². The lowest BCUT2D eigenvalue weighted by atomic mass is 9.71. The Labute approximate surface area is 228 Å². The van der Waals surface area contributed by atoms with E-state index in [4.69, 9.17) is 16.3 Å². The van der Waals surface area contributed by atoms with Crippen LogP contribution in [0, 0.1) is 5.41 Å². The van der Waals surface area contributed by atoms with Crippen molar-refractivity contribution in [3.05, 3.63) is 65.3 Å². The second-order valence-corrected chi connectivity index (χ2v) is 11.5. The number of benzene rings is 2. The van der Waals surface area contributed by atoms with Gasteiger partial charge in [-0.05, 0) is 93.2 Å². The van der Waals surface area contributed by atoms with Gasteiger partial charge in [-0.1, -0.05) is 29.8 Å². The van der Waals surface area contributed by atoms with Crippen LogP contribution in [0.25, 0.3) is 10.9 Å². The van der Waals surface area contributed by atoms with Crippen LogP contribution in [0.1, 0.15) is 50.2 Å². The van der Waals surface area contributed by atoms with Crippen molar-refractivity contribution in [1.29, 1.82) is 0 Å². The number of methoxy groups -OCH3 is 1. The monoisotopic (exact) mass is 542 g/mol. The summed E-state index contributed by atoms with van der Waals surface area (Å²) in [5, 5.41) is 22.1. The zero-order valence-corrected chi connectivity index (χ0v) is 22.8. The maximum atomic E-state index is 11.8. The SMILES string of the molecule is COc1ccc2ncc(Cl)c([C@H](O)CCC3(CC(=O)O)CCN(CCCSc4ccccc4)CC3)c2c1. The number of likely N-dealkylation sites (tertiary alicyclic amines) is 1. The van der Waals surface area contributed by atoms with Crippen molar-refractivity contribution in [2.24, 2.45) is 5.41 Å². The molecule has 1 saturated heterocycles. The van der Waals surface area contributed by atoms with Gasteiger partial charge in [-0.15, -0.1) is 11.8 Å². The van der Waals surface area contributed by atoms with Crippen molar-refractivity contribution in [2.45, 2.75) is 49.5 Å². The predicted molar refractivity (Wildman–Crippen MR) is 150 cm³/mol. The molecule has 0 radical (unpaired) electrons. The Bertz CT molecular complexity index is 1190. The van der Waals surface area contributed by atoms with Crippen molar-refractivity contribution >= 4 is 40.2 Å². The van der Waals surface area contributed by atoms with Crippen molar-refractivity contribution in [3.8, 4) is 5.75 Å². The molecule has 8 heteroatoms. The van der Waals surface area contributed by atoms with Crippen molar-refractivity contribution in [2.75, 3.05) is 32.5 Å². The minimum absolute atomic E-state index is 0.121. The van der Waals surface area contributed by atoms with Crippen LogP contribution in [0.15, 0.2) is 59.6 Å². The first kappa shape index (κ1) is 27.7. The number of aliphatic hydroxyl groups is 1. The van der Waals surface area contributed by atoms with E-state index in [2.05, 4.69) is 34.1 Å². The molecule has 1 fully saturated rings. The second-order valence-electron chi connectivity index (χ2n) is 9.88. The molecule has 2 heterocycles. The van der Waals surface area contributed by atoms with Crippen LogP contribution >= 0.6 is 23.4 Å². The largest absolute Gasteiger partial charge is 0.497 e. The molecule has 198 valence electrons. The van der Waals surface area contributed by atoms with E-state index in [1.165, 1.54) is 4.90 Å². The number of pyridine rings is 1. The van der Waals surface area contributed by atoms with Crippen LogP contribution in [-0.4, -0.2) is 58.6 Å². The van der Waals surface area contributed by atoms with Gasteiger partial charge in [0.25, 0.3) is 0 Å². The standard InChI is InChI=1S/C29H35ClN2O4S/c1-36-21-8-9-25-23(18-21)28(24(30)20-31-25)26(33)10-11-29(19-27(34)35)12-15-32(16-13-29)14-5-17-37-22-6-3-2-4-7-22/h2-4,6-9,18,20,26,33H,5,10-17,19H2,1H3,(H,34,35)/t26-/m1/s1. The molecule has 2 N–H and O–H groups in total. The fourth-order valence-electron chi connectivity index (χ4n) is 5.30. The number of carbonyl (C=O) groups is 1. The Hall–Kier alpha value is -2.32. The van der Waals surface area contributed by atoms with Crippen LogP contribution in [0.5, 0.6) is 5.75 Å². The van der Waals surface area contributed by atoms with E-state index >= 15 is 0 Å². The van der Waals surface area contributed by atoms with Crippen molar-refractivity contribution in [1.82, 2.24) is 9.88 Å². The molecule has 1 aliphatic rings. The summed E-state index contributed by atoms with van der Waals surface area (Å²) in [7, 11) is 1.60. The summed E-state index contributed by atoms with van der Waals surface area (Å²) >= 11 is 8.36. The van der Waals surface area contributed by atoms with E-state index in [0.29, 0.717) is 29.2 Å². The minimum atomic E-state index is -0.816. The van der Waals surface area contributed by atoms with Crippen LogP contribution in [0.2, 0.25) is 5.02 Å². The number of thioether (sulfide) groups is 1. The van der Waals surface area contributed by atoms with Gasteiger partial charge in [0.1, 0.15) is 5.75 Å². The van der Waals surface area contributed by atoms with E-state index in [9.17, 15) is 15.0 Å². The number of ether oxygens (including phenoxy) is 1. The minimum Gasteiger partial charge on any atom is -0.497 e. The molecule has 0 aliphatic carbocycles. The summed E-state index contributed by atoms with van der Waals surface area (Å²) in [5.41, 5.74) is 1.04. The molecule has 6 nitrogen and oxygen atoms in total. The average Bonchev–Trinajstić information content (AvgIpc) is 2.90.